The van der Waals surface area contributed by atoms with Gasteiger partial charge in [0.15, 0.2) is 0 Å². The Hall–Kier alpha value is -1.47. The molecule has 0 amide bonds. The second kappa shape index (κ2) is 5.56. The van der Waals surface area contributed by atoms with Crippen LogP contribution in [0.1, 0.15) is 24.0 Å². The van der Waals surface area contributed by atoms with E-state index in [1.165, 1.54) is 35.5 Å². The van der Waals surface area contributed by atoms with Gasteiger partial charge in [-0.05, 0) is 64.7 Å². The van der Waals surface area contributed by atoms with Crippen molar-refractivity contribution in [1.82, 2.24) is 0 Å². The Morgan fingerprint density at radius 3 is 1.65 bits per heavy atom. The van der Waals surface area contributed by atoms with Crippen molar-refractivity contribution < 1.29 is 0 Å². The first-order valence-electron chi connectivity index (χ1n) is 8.86. The lowest BCUT2D eigenvalue weighted by Crippen LogP contribution is -2.19. The van der Waals surface area contributed by atoms with Crippen LogP contribution in [-0.4, -0.2) is 11.5 Å². The third kappa shape index (κ3) is 2.13. The molecule has 3 fully saturated rings. The molecule has 0 nitrogen and oxygen atoms in total. The molecule has 2 saturated carbocycles. The number of thioether (sulfide) groups is 1. The highest BCUT2D eigenvalue weighted by atomic mass is 32.2. The van der Waals surface area contributed by atoms with E-state index in [0.717, 1.165) is 23.7 Å². The van der Waals surface area contributed by atoms with E-state index in [-0.39, 0.29) is 0 Å². The van der Waals surface area contributed by atoms with Crippen LogP contribution in [0, 0.1) is 23.7 Å². The lowest BCUT2D eigenvalue weighted by atomic mass is 9.82. The fourth-order valence-electron chi connectivity index (χ4n) is 5.33. The van der Waals surface area contributed by atoms with E-state index in [2.05, 4.69) is 72.4 Å². The zero-order chi connectivity index (χ0) is 15.2. The van der Waals surface area contributed by atoms with Crippen molar-refractivity contribution in [1.29, 1.82) is 0 Å². The third-order valence-corrected chi connectivity index (χ3v) is 7.45. The van der Waals surface area contributed by atoms with Gasteiger partial charge < -0.3 is 0 Å². The largest absolute Gasteiger partial charge is 0.161 e. The monoisotopic (exact) mass is 318 g/mol. The second-order valence-electron chi connectivity index (χ2n) is 7.22. The Balaban J connectivity index is 1.72. The highest BCUT2D eigenvalue weighted by molar-refractivity contribution is 7.99. The van der Waals surface area contributed by atoms with E-state index in [9.17, 15) is 0 Å². The maximum atomic E-state index is 2.30. The summed E-state index contributed by atoms with van der Waals surface area (Å²) in [5.41, 5.74) is 6.19. The van der Waals surface area contributed by atoms with E-state index in [1.807, 2.05) is 0 Å². The summed E-state index contributed by atoms with van der Waals surface area (Å²) >= 11 is 2.20. The highest BCUT2D eigenvalue weighted by Gasteiger charge is 2.53. The minimum Gasteiger partial charge on any atom is -0.161 e. The summed E-state index contributed by atoms with van der Waals surface area (Å²) in [6.45, 7) is 0. The van der Waals surface area contributed by atoms with Crippen molar-refractivity contribution in [3.8, 4) is 0 Å². The van der Waals surface area contributed by atoms with Crippen molar-refractivity contribution in [2.75, 3.05) is 11.5 Å². The fraction of sp³-hybridized carbons (Fsp3) is 0.364. The Morgan fingerprint density at radius 1 is 0.696 bits per heavy atom. The molecule has 0 aromatic heterocycles. The minimum absolute atomic E-state index is 0.843. The maximum absolute atomic E-state index is 2.30. The first-order chi connectivity index (χ1) is 11.4. The summed E-state index contributed by atoms with van der Waals surface area (Å²) in [7, 11) is 0. The van der Waals surface area contributed by atoms with Crippen LogP contribution in [0.5, 0.6) is 0 Å². The van der Waals surface area contributed by atoms with Crippen LogP contribution in [0.3, 0.4) is 0 Å². The number of hydrogen-bond donors (Lipinski definition) is 0. The average molecular weight is 318 g/mol. The molecule has 2 bridgehead atoms. The molecule has 2 aromatic rings. The summed E-state index contributed by atoms with van der Waals surface area (Å²) in [6, 6.07) is 22.2. The van der Waals surface area contributed by atoms with Gasteiger partial charge in [-0.2, -0.15) is 11.8 Å². The van der Waals surface area contributed by atoms with Crippen LogP contribution < -0.4 is 0 Å². The lowest BCUT2D eigenvalue weighted by Gasteiger charge is -2.21. The number of benzene rings is 2. The molecule has 4 atom stereocenters. The SMILES string of the molecule is c1ccc(C(=C2[C@H]3CC[C@H]2[C@H]2CSC[C@@H]23)c2ccccc2)cc1. The van der Waals surface area contributed by atoms with Crippen molar-refractivity contribution >= 4 is 17.3 Å². The van der Waals surface area contributed by atoms with Crippen LogP contribution in [0.25, 0.3) is 5.57 Å². The van der Waals surface area contributed by atoms with Crippen molar-refractivity contribution in [2.24, 2.45) is 23.7 Å². The zero-order valence-electron chi connectivity index (χ0n) is 13.3. The molecule has 0 N–H and O–H groups in total. The van der Waals surface area contributed by atoms with Gasteiger partial charge in [-0.1, -0.05) is 66.2 Å². The molecule has 2 aliphatic carbocycles. The maximum Gasteiger partial charge on any atom is -0.00301 e. The molecule has 23 heavy (non-hydrogen) atoms. The van der Waals surface area contributed by atoms with Crippen molar-refractivity contribution in [3.05, 3.63) is 77.4 Å². The average Bonchev–Trinajstić information content (AvgIpc) is 3.30. The minimum atomic E-state index is 0.843. The molecule has 0 spiro atoms. The zero-order valence-corrected chi connectivity index (χ0v) is 14.1. The van der Waals surface area contributed by atoms with Gasteiger partial charge in [0.25, 0.3) is 0 Å². The molecule has 0 radical (unpaired) electrons. The number of hydrogen-bond acceptors (Lipinski definition) is 1. The van der Waals surface area contributed by atoms with E-state index >= 15 is 0 Å². The van der Waals surface area contributed by atoms with E-state index in [4.69, 9.17) is 0 Å². The Bertz CT molecular complexity index is 670. The summed E-state index contributed by atoms with van der Waals surface area (Å²) < 4.78 is 0. The van der Waals surface area contributed by atoms with Crippen LogP contribution in [0.15, 0.2) is 66.2 Å². The van der Waals surface area contributed by atoms with Crippen molar-refractivity contribution in [3.63, 3.8) is 0 Å². The number of fused-ring (bicyclic) bond motifs is 5. The first kappa shape index (κ1) is 13.9. The first-order valence-corrected chi connectivity index (χ1v) is 10.0. The van der Waals surface area contributed by atoms with Crippen LogP contribution in [0.4, 0.5) is 0 Å². The smallest absolute Gasteiger partial charge is 0.00301 e. The molecule has 1 saturated heterocycles. The van der Waals surface area contributed by atoms with Gasteiger partial charge in [0.2, 0.25) is 0 Å². The quantitative estimate of drug-likeness (QED) is 0.704. The van der Waals surface area contributed by atoms with Gasteiger partial charge in [0.05, 0.1) is 0 Å². The standard InChI is InChI=1S/C22H22S/c1-3-7-15(8-4-1)21(16-9-5-2-6-10-16)22-17-11-12-18(22)20-14-23-13-19(17)20/h1-10,17-20H,11-14H2/t17-,18-,19+,20+/m0/s1. The highest BCUT2D eigenvalue weighted by Crippen LogP contribution is 2.62. The summed E-state index contributed by atoms with van der Waals surface area (Å²) in [5, 5.41) is 0. The normalized spacial score (nSPS) is 31.4. The molecular weight excluding hydrogens is 296 g/mol. The summed E-state index contributed by atoms with van der Waals surface area (Å²) in [4.78, 5) is 0. The number of rotatable bonds is 2. The summed E-state index contributed by atoms with van der Waals surface area (Å²) in [5.74, 6) is 6.39. The molecule has 0 unspecified atom stereocenters. The molecule has 2 aromatic carbocycles. The second-order valence-corrected chi connectivity index (χ2v) is 8.29. The Kier molecular flexibility index (Phi) is 3.37. The molecule has 116 valence electrons. The van der Waals surface area contributed by atoms with Gasteiger partial charge in [0, 0.05) is 0 Å². The molecule has 1 aliphatic heterocycles. The van der Waals surface area contributed by atoms with E-state index in [1.54, 1.807) is 11.1 Å². The van der Waals surface area contributed by atoms with E-state index < -0.39 is 0 Å². The van der Waals surface area contributed by atoms with Gasteiger partial charge in [-0.3, -0.25) is 0 Å². The number of allylic oxidation sites excluding steroid dienone is 1. The van der Waals surface area contributed by atoms with Gasteiger partial charge in [-0.25, -0.2) is 0 Å². The Labute approximate surface area is 143 Å². The third-order valence-electron chi connectivity index (χ3n) is 6.21. The predicted octanol–water partition coefficient (Wildman–Crippen LogP) is 5.51. The molecule has 3 aliphatic rings. The fourth-order valence-corrected chi connectivity index (χ4v) is 6.97. The Morgan fingerprint density at radius 2 is 1.17 bits per heavy atom. The van der Waals surface area contributed by atoms with E-state index in [0.29, 0.717) is 0 Å². The lowest BCUT2D eigenvalue weighted by molar-refractivity contribution is 0.281. The molecular formula is C22H22S. The molecule has 1 heterocycles. The van der Waals surface area contributed by atoms with Crippen LogP contribution >= 0.6 is 11.8 Å². The van der Waals surface area contributed by atoms with Gasteiger partial charge >= 0.3 is 0 Å². The molecule has 1 heteroatoms. The van der Waals surface area contributed by atoms with Crippen LogP contribution in [0.2, 0.25) is 0 Å². The van der Waals surface area contributed by atoms with Crippen molar-refractivity contribution in [2.45, 2.75) is 12.8 Å². The van der Waals surface area contributed by atoms with Gasteiger partial charge in [0.1, 0.15) is 0 Å². The predicted molar refractivity (Wildman–Crippen MR) is 99.4 cm³/mol. The molecule has 5 rings (SSSR count). The van der Waals surface area contributed by atoms with Crippen LogP contribution in [-0.2, 0) is 0 Å². The van der Waals surface area contributed by atoms with Gasteiger partial charge in [-0.15, -0.1) is 0 Å². The summed E-state index contributed by atoms with van der Waals surface area (Å²) in [6.07, 6.45) is 2.84. The topological polar surface area (TPSA) is 0 Å².